The zero-order valence-electron chi connectivity index (χ0n) is 6.68. The first-order chi connectivity index (χ1) is 4.52. The van der Waals surface area contributed by atoms with Crippen LogP contribution in [0.4, 0.5) is 0 Å². The van der Waals surface area contributed by atoms with Crippen molar-refractivity contribution in [2.75, 3.05) is 0 Å². The van der Waals surface area contributed by atoms with Crippen LogP contribution < -0.4 is 0 Å². The Morgan fingerprint density at radius 1 is 1.60 bits per heavy atom. The van der Waals surface area contributed by atoms with Crippen molar-refractivity contribution in [3.8, 4) is 0 Å². The van der Waals surface area contributed by atoms with Crippen molar-refractivity contribution < 1.29 is 14.9 Å². The standard InChI is InChI=1S/C7H14O3/c1-4-7(2,3)5-6(8)10-9/h9H,4-5H2,1-3H3. The number of rotatable bonds is 3. The van der Waals surface area contributed by atoms with Crippen LogP contribution in [0.5, 0.6) is 0 Å². The first-order valence-electron chi connectivity index (χ1n) is 3.36. The van der Waals surface area contributed by atoms with Gasteiger partial charge < -0.3 is 4.89 Å². The molecule has 3 nitrogen and oxygen atoms in total. The molecule has 0 aromatic heterocycles. The molecule has 0 radical (unpaired) electrons. The molecule has 0 aromatic carbocycles. The molecule has 0 amide bonds. The van der Waals surface area contributed by atoms with Crippen molar-refractivity contribution in [2.45, 2.75) is 33.6 Å². The molecule has 0 unspecified atom stereocenters. The van der Waals surface area contributed by atoms with Crippen molar-refractivity contribution in [3.63, 3.8) is 0 Å². The highest BCUT2D eigenvalue weighted by Gasteiger charge is 2.20. The summed E-state index contributed by atoms with van der Waals surface area (Å²) < 4.78 is 0. The van der Waals surface area contributed by atoms with E-state index >= 15 is 0 Å². The Hall–Kier alpha value is -0.570. The summed E-state index contributed by atoms with van der Waals surface area (Å²) in [7, 11) is 0. The van der Waals surface area contributed by atoms with E-state index in [0.717, 1.165) is 6.42 Å². The van der Waals surface area contributed by atoms with Gasteiger partial charge in [-0.05, 0) is 5.41 Å². The van der Waals surface area contributed by atoms with Gasteiger partial charge in [-0.3, -0.25) is 0 Å². The Morgan fingerprint density at radius 2 is 2.10 bits per heavy atom. The van der Waals surface area contributed by atoms with Crippen LogP contribution in [0, 0.1) is 5.41 Å². The van der Waals surface area contributed by atoms with Gasteiger partial charge in [-0.2, -0.15) is 5.26 Å². The molecular weight excluding hydrogens is 132 g/mol. The molecule has 60 valence electrons. The van der Waals surface area contributed by atoms with Gasteiger partial charge in [-0.15, -0.1) is 0 Å². The van der Waals surface area contributed by atoms with Crippen molar-refractivity contribution in [1.82, 2.24) is 0 Å². The number of carbonyl (C=O) groups excluding carboxylic acids is 1. The van der Waals surface area contributed by atoms with Crippen molar-refractivity contribution in [1.29, 1.82) is 0 Å². The van der Waals surface area contributed by atoms with E-state index in [4.69, 9.17) is 5.26 Å². The molecule has 0 atom stereocenters. The van der Waals surface area contributed by atoms with Crippen molar-refractivity contribution in [3.05, 3.63) is 0 Å². The number of hydrogen-bond acceptors (Lipinski definition) is 3. The average Bonchev–Trinajstić information content (AvgIpc) is 1.87. The zero-order chi connectivity index (χ0) is 8.20. The van der Waals surface area contributed by atoms with Crippen LogP contribution in [0.15, 0.2) is 0 Å². The predicted octanol–water partition coefficient (Wildman–Crippen LogP) is 1.83. The molecule has 3 heteroatoms. The number of carbonyl (C=O) groups is 1. The van der Waals surface area contributed by atoms with Crippen LogP contribution in [-0.2, 0) is 9.68 Å². The molecule has 0 aliphatic carbocycles. The lowest BCUT2D eigenvalue weighted by atomic mass is 9.87. The van der Waals surface area contributed by atoms with Gasteiger partial charge >= 0.3 is 5.97 Å². The molecule has 0 aliphatic heterocycles. The summed E-state index contributed by atoms with van der Waals surface area (Å²) in [6, 6.07) is 0. The summed E-state index contributed by atoms with van der Waals surface area (Å²) in [4.78, 5) is 14.1. The molecule has 10 heavy (non-hydrogen) atoms. The van der Waals surface area contributed by atoms with Gasteiger partial charge in [0.25, 0.3) is 0 Å². The third-order valence-electron chi connectivity index (χ3n) is 1.68. The van der Waals surface area contributed by atoms with Gasteiger partial charge in [-0.1, -0.05) is 27.2 Å². The summed E-state index contributed by atoms with van der Waals surface area (Å²) in [5.74, 6) is -0.563. The molecule has 0 aliphatic rings. The summed E-state index contributed by atoms with van der Waals surface area (Å²) in [5.41, 5.74) is -0.0696. The molecule has 0 heterocycles. The van der Waals surface area contributed by atoms with E-state index in [1.165, 1.54) is 0 Å². The summed E-state index contributed by atoms with van der Waals surface area (Å²) >= 11 is 0. The Kier molecular flexibility index (Phi) is 3.36. The van der Waals surface area contributed by atoms with E-state index in [1.54, 1.807) is 0 Å². The highest BCUT2D eigenvalue weighted by atomic mass is 17.1. The van der Waals surface area contributed by atoms with Crippen LogP contribution in [-0.4, -0.2) is 11.2 Å². The first-order valence-corrected chi connectivity index (χ1v) is 3.36. The van der Waals surface area contributed by atoms with E-state index < -0.39 is 5.97 Å². The largest absolute Gasteiger partial charge is 0.342 e. The van der Waals surface area contributed by atoms with Crippen molar-refractivity contribution >= 4 is 5.97 Å². The van der Waals surface area contributed by atoms with Crippen LogP contribution in [0.25, 0.3) is 0 Å². The second-order valence-corrected chi connectivity index (χ2v) is 3.16. The summed E-state index contributed by atoms with van der Waals surface area (Å²) in [6.07, 6.45) is 1.15. The first kappa shape index (κ1) is 9.43. The maximum Gasteiger partial charge on any atom is 0.342 e. The third kappa shape index (κ3) is 3.45. The van der Waals surface area contributed by atoms with Crippen LogP contribution in [0.3, 0.4) is 0 Å². The molecular formula is C7H14O3. The molecule has 0 spiro atoms. The lowest BCUT2D eigenvalue weighted by Crippen LogP contribution is -2.16. The minimum Gasteiger partial charge on any atom is -0.301 e. The Morgan fingerprint density at radius 3 is 2.40 bits per heavy atom. The van der Waals surface area contributed by atoms with Crippen LogP contribution >= 0.6 is 0 Å². The minimum absolute atomic E-state index is 0.0696. The fourth-order valence-electron chi connectivity index (χ4n) is 0.548. The fourth-order valence-corrected chi connectivity index (χ4v) is 0.548. The summed E-state index contributed by atoms with van der Waals surface area (Å²) in [5, 5.41) is 7.94. The maximum atomic E-state index is 10.5. The normalized spacial score (nSPS) is 11.2. The van der Waals surface area contributed by atoms with Gasteiger partial charge in [-0.25, -0.2) is 4.79 Å². The average molecular weight is 146 g/mol. The van der Waals surface area contributed by atoms with Gasteiger partial charge in [0, 0.05) is 0 Å². The maximum absolute atomic E-state index is 10.5. The van der Waals surface area contributed by atoms with Crippen molar-refractivity contribution in [2.24, 2.45) is 5.41 Å². The molecule has 1 N–H and O–H groups in total. The highest BCUT2D eigenvalue weighted by molar-refractivity contribution is 5.69. The van der Waals surface area contributed by atoms with E-state index in [1.807, 2.05) is 20.8 Å². The molecule has 0 rings (SSSR count). The Labute approximate surface area is 60.9 Å². The van der Waals surface area contributed by atoms with E-state index in [2.05, 4.69) is 4.89 Å². The highest BCUT2D eigenvalue weighted by Crippen LogP contribution is 2.24. The van der Waals surface area contributed by atoms with Gasteiger partial charge in [0.1, 0.15) is 0 Å². The van der Waals surface area contributed by atoms with Crippen LogP contribution in [0.2, 0.25) is 0 Å². The Bertz CT molecular complexity index is 118. The molecule has 0 saturated heterocycles. The lowest BCUT2D eigenvalue weighted by Gasteiger charge is -2.19. The lowest BCUT2D eigenvalue weighted by molar-refractivity contribution is -0.236. The van der Waals surface area contributed by atoms with E-state index in [0.29, 0.717) is 0 Å². The van der Waals surface area contributed by atoms with Crippen LogP contribution in [0.1, 0.15) is 33.6 Å². The van der Waals surface area contributed by atoms with Gasteiger partial charge in [0.2, 0.25) is 0 Å². The minimum atomic E-state index is -0.563. The second kappa shape index (κ2) is 3.56. The predicted molar refractivity (Wildman–Crippen MR) is 37.4 cm³/mol. The van der Waals surface area contributed by atoms with Gasteiger partial charge in [0.15, 0.2) is 0 Å². The topological polar surface area (TPSA) is 46.5 Å². The molecule has 0 aromatic rings. The monoisotopic (exact) mass is 146 g/mol. The smallest absolute Gasteiger partial charge is 0.301 e. The number of hydrogen-bond donors (Lipinski definition) is 1. The quantitative estimate of drug-likeness (QED) is 0.488. The van der Waals surface area contributed by atoms with E-state index in [-0.39, 0.29) is 11.8 Å². The molecule has 0 saturated carbocycles. The molecule has 0 bridgehead atoms. The summed E-state index contributed by atoms with van der Waals surface area (Å²) in [6.45, 7) is 5.89. The second-order valence-electron chi connectivity index (χ2n) is 3.16. The SMILES string of the molecule is CCC(C)(C)CC(=O)OO. The van der Waals surface area contributed by atoms with Gasteiger partial charge in [0.05, 0.1) is 6.42 Å². The van der Waals surface area contributed by atoms with E-state index in [9.17, 15) is 4.79 Å². The zero-order valence-corrected chi connectivity index (χ0v) is 6.68. The Balaban J connectivity index is 3.76. The fraction of sp³-hybridized carbons (Fsp3) is 0.857. The molecule has 0 fully saturated rings. The third-order valence-corrected chi connectivity index (χ3v) is 1.68.